The first-order valence-corrected chi connectivity index (χ1v) is 8.23. The maximum Gasteiger partial charge on any atom is 0.216 e. The highest BCUT2D eigenvalue weighted by Gasteiger charge is 2.27. The van der Waals surface area contributed by atoms with E-state index in [0.717, 1.165) is 33.5 Å². The van der Waals surface area contributed by atoms with E-state index in [-0.39, 0.29) is 0 Å². The van der Waals surface area contributed by atoms with Crippen molar-refractivity contribution >= 4 is 29.1 Å². The molecule has 1 aliphatic heterocycles. The van der Waals surface area contributed by atoms with Crippen molar-refractivity contribution in [3.63, 3.8) is 0 Å². The van der Waals surface area contributed by atoms with Crippen molar-refractivity contribution < 1.29 is 14.0 Å². The van der Waals surface area contributed by atoms with Crippen LogP contribution in [-0.4, -0.2) is 37.4 Å². The van der Waals surface area contributed by atoms with Crippen molar-refractivity contribution in [3.8, 4) is 11.5 Å². The topological polar surface area (TPSA) is 21.5 Å². The number of nitrogens with zero attached hydrogens (tertiary/aromatic N) is 1. The molecule has 0 amide bonds. The van der Waals surface area contributed by atoms with Gasteiger partial charge in [-0.05, 0) is 36.4 Å². The molecule has 1 aliphatic rings. The Kier molecular flexibility index (Phi) is 4.32. The standard InChI is InChI=1S/C17H17ClNO2S/c1-19-10-22-16-9-15(21-3)14(20-2)8-13(16)17(19)11-4-6-12(18)7-5-11/h4-9H,10H2,1-3H3/q+1. The maximum absolute atomic E-state index is 6.01. The number of halogens is 1. The molecule has 2 aromatic carbocycles. The predicted octanol–water partition coefficient (Wildman–Crippen LogP) is 3.90. The van der Waals surface area contributed by atoms with Crippen molar-refractivity contribution in [2.75, 3.05) is 27.1 Å². The Morgan fingerprint density at radius 3 is 2.32 bits per heavy atom. The molecule has 0 atom stereocenters. The third-order valence-electron chi connectivity index (χ3n) is 3.65. The Morgan fingerprint density at radius 1 is 1.05 bits per heavy atom. The second-order valence-electron chi connectivity index (χ2n) is 5.03. The second-order valence-corrected chi connectivity index (χ2v) is 6.45. The lowest BCUT2D eigenvalue weighted by Gasteiger charge is -2.18. The number of rotatable bonds is 3. The van der Waals surface area contributed by atoms with Crippen molar-refractivity contribution in [1.82, 2.24) is 0 Å². The minimum Gasteiger partial charge on any atom is -0.493 e. The number of hydrogen-bond acceptors (Lipinski definition) is 3. The zero-order valence-electron chi connectivity index (χ0n) is 12.7. The summed E-state index contributed by atoms with van der Waals surface area (Å²) in [7, 11) is 5.41. The van der Waals surface area contributed by atoms with Crippen LogP contribution in [0.4, 0.5) is 0 Å². The van der Waals surface area contributed by atoms with Crippen LogP contribution in [0.2, 0.25) is 5.02 Å². The van der Waals surface area contributed by atoms with Gasteiger partial charge in [0.25, 0.3) is 0 Å². The summed E-state index contributed by atoms with van der Waals surface area (Å²) in [5.41, 5.74) is 3.46. The molecule has 0 saturated carbocycles. The number of ether oxygens (including phenoxy) is 2. The summed E-state index contributed by atoms with van der Waals surface area (Å²) in [6.07, 6.45) is 0. The molecule has 0 N–H and O–H groups in total. The first-order valence-electron chi connectivity index (χ1n) is 6.87. The van der Waals surface area contributed by atoms with Crippen molar-refractivity contribution in [1.29, 1.82) is 0 Å². The fourth-order valence-corrected chi connectivity index (χ4v) is 3.67. The van der Waals surface area contributed by atoms with Crippen molar-refractivity contribution in [3.05, 3.63) is 52.5 Å². The molecule has 3 rings (SSSR count). The van der Waals surface area contributed by atoms with E-state index in [2.05, 4.69) is 11.6 Å². The van der Waals surface area contributed by atoms with Crippen LogP contribution in [0, 0.1) is 0 Å². The summed E-state index contributed by atoms with van der Waals surface area (Å²) < 4.78 is 13.1. The van der Waals surface area contributed by atoms with Gasteiger partial charge in [0.05, 0.1) is 19.8 Å². The average molecular weight is 335 g/mol. The van der Waals surface area contributed by atoms with E-state index in [1.807, 2.05) is 36.4 Å². The molecule has 0 fully saturated rings. The Balaban J connectivity index is 2.18. The van der Waals surface area contributed by atoms with Crippen LogP contribution in [0.5, 0.6) is 11.5 Å². The molecular weight excluding hydrogens is 318 g/mol. The maximum atomic E-state index is 6.01. The molecule has 1 heterocycles. The summed E-state index contributed by atoms with van der Waals surface area (Å²) in [5.74, 6) is 2.39. The molecule has 0 spiro atoms. The van der Waals surface area contributed by atoms with Gasteiger partial charge in [0, 0.05) is 15.5 Å². The van der Waals surface area contributed by atoms with E-state index in [1.165, 1.54) is 10.6 Å². The highest BCUT2D eigenvalue weighted by Crippen LogP contribution is 2.38. The van der Waals surface area contributed by atoms with E-state index in [9.17, 15) is 0 Å². The lowest BCUT2D eigenvalue weighted by molar-refractivity contribution is -0.474. The van der Waals surface area contributed by atoms with Gasteiger partial charge in [0.2, 0.25) is 5.71 Å². The first-order chi connectivity index (χ1) is 10.6. The van der Waals surface area contributed by atoms with Gasteiger partial charge in [-0.1, -0.05) is 23.4 Å². The quantitative estimate of drug-likeness (QED) is 0.794. The molecule has 0 aliphatic carbocycles. The van der Waals surface area contributed by atoms with Gasteiger partial charge >= 0.3 is 0 Å². The fraction of sp³-hybridized carbons (Fsp3) is 0.235. The largest absolute Gasteiger partial charge is 0.493 e. The first kappa shape index (κ1) is 15.3. The summed E-state index contributed by atoms with van der Waals surface area (Å²) >= 11 is 7.80. The zero-order chi connectivity index (χ0) is 15.7. The van der Waals surface area contributed by atoms with Crippen molar-refractivity contribution in [2.24, 2.45) is 0 Å². The van der Waals surface area contributed by atoms with Gasteiger partial charge in [-0.25, -0.2) is 4.58 Å². The number of benzene rings is 2. The van der Waals surface area contributed by atoms with Crippen LogP contribution in [-0.2, 0) is 0 Å². The second kappa shape index (κ2) is 6.23. The summed E-state index contributed by atoms with van der Waals surface area (Å²) in [4.78, 5) is 1.20. The average Bonchev–Trinajstić information content (AvgIpc) is 2.54. The summed E-state index contributed by atoms with van der Waals surface area (Å²) in [5, 5.41) is 0.740. The van der Waals surface area contributed by atoms with Crippen molar-refractivity contribution in [2.45, 2.75) is 4.90 Å². The van der Waals surface area contributed by atoms with E-state index in [4.69, 9.17) is 21.1 Å². The monoisotopic (exact) mass is 334 g/mol. The smallest absolute Gasteiger partial charge is 0.216 e. The lowest BCUT2D eigenvalue weighted by atomic mass is 10.0. The Bertz CT molecular complexity index is 741. The van der Waals surface area contributed by atoms with E-state index < -0.39 is 0 Å². The molecule has 2 aromatic rings. The van der Waals surface area contributed by atoms with Gasteiger partial charge in [-0.15, -0.1) is 0 Å². The fourth-order valence-electron chi connectivity index (χ4n) is 2.58. The van der Waals surface area contributed by atoms with Crippen LogP contribution in [0.1, 0.15) is 11.1 Å². The predicted molar refractivity (Wildman–Crippen MR) is 91.1 cm³/mol. The highest BCUT2D eigenvalue weighted by atomic mass is 35.5. The van der Waals surface area contributed by atoms with Gasteiger partial charge in [-0.2, -0.15) is 0 Å². The SMILES string of the molecule is COc1cc2c(cc1OC)C(c1ccc(Cl)cc1)=[N+](C)CS2. The van der Waals surface area contributed by atoms with Gasteiger partial charge in [0.15, 0.2) is 17.4 Å². The lowest BCUT2D eigenvalue weighted by Crippen LogP contribution is -2.24. The number of thioether (sulfide) groups is 1. The summed E-state index contributed by atoms with van der Waals surface area (Å²) in [6.45, 7) is 0. The van der Waals surface area contributed by atoms with Gasteiger partial charge < -0.3 is 9.47 Å². The van der Waals surface area contributed by atoms with Crippen LogP contribution in [0.15, 0.2) is 41.3 Å². The molecule has 0 unspecified atom stereocenters. The Morgan fingerprint density at radius 2 is 1.68 bits per heavy atom. The molecule has 5 heteroatoms. The van der Waals surface area contributed by atoms with Crippen LogP contribution in [0.25, 0.3) is 0 Å². The molecule has 22 heavy (non-hydrogen) atoms. The molecule has 0 saturated heterocycles. The van der Waals surface area contributed by atoms with Gasteiger partial charge in [-0.3, -0.25) is 0 Å². The van der Waals surface area contributed by atoms with E-state index in [0.29, 0.717) is 0 Å². The third kappa shape index (κ3) is 2.69. The number of fused-ring (bicyclic) bond motifs is 1. The molecule has 3 nitrogen and oxygen atoms in total. The molecular formula is C17H17ClNO2S+. The number of hydrogen-bond donors (Lipinski definition) is 0. The van der Waals surface area contributed by atoms with E-state index >= 15 is 0 Å². The Labute approximate surface area is 139 Å². The molecule has 0 radical (unpaired) electrons. The molecule has 0 aromatic heterocycles. The zero-order valence-corrected chi connectivity index (χ0v) is 14.3. The third-order valence-corrected chi connectivity index (χ3v) is 5.07. The van der Waals surface area contributed by atoms with Gasteiger partial charge in [0.1, 0.15) is 7.05 Å². The normalized spacial score (nSPS) is 13.8. The van der Waals surface area contributed by atoms with Crippen LogP contribution < -0.4 is 9.47 Å². The molecule has 114 valence electrons. The van der Waals surface area contributed by atoms with E-state index in [1.54, 1.807) is 26.0 Å². The van der Waals surface area contributed by atoms with Crippen LogP contribution >= 0.6 is 23.4 Å². The highest BCUT2D eigenvalue weighted by molar-refractivity contribution is 7.99. The minimum absolute atomic E-state index is 0.739. The number of methoxy groups -OCH3 is 2. The molecule has 0 bridgehead atoms. The Hall–Kier alpha value is -1.65. The minimum atomic E-state index is 0.739. The summed E-state index contributed by atoms with van der Waals surface area (Å²) in [6, 6.07) is 12.0. The van der Waals surface area contributed by atoms with Crippen LogP contribution in [0.3, 0.4) is 0 Å².